The van der Waals surface area contributed by atoms with Crippen molar-refractivity contribution in [1.29, 1.82) is 0 Å². The third-order valence-corrected chi connectivity index (χ3v) is 5.85. The highest BCUT2D eigenvalue weighted by molar-refractivity contribution is 7.15. The molecule has 0 aromatic carbocycles. The van der Waals surface area contributed by atoms with Gasteiger partial charge in [-0.05, 0) is 40.0 Å². The minimum atomic E-state index is -0.479. The summed E-state index contributed by atoms with van der Waals surface area (Å²) in [5, 5.41) is 0. The van der Waals surface area contributed by atoms with E-state index in [0.29, 0.717) is 17.1 Å². The third-order valence-electron chi connectivity index (χ3n) is 4.75. The van der Waals surface area contributed by atoms with Gasteiger partial charge < -0.3 is 9.64 Å². The lowest BCUT2D eigenvalue weighted by Gasteiger charge is -2.31. The van der Waals surface area contributed by atoms with Crippen LogP contribution in [0.4, 0.5) is 4.79 Å². The molecule has 0 radical (unpaired) electrons. The van der Waals surface area contributed by atoms with Crippen LogP contribution in [0.25, 0.3) is 0 Å². The molecular weight excluding hydrogens is 410 g/mol. The van der Waals surface area contributed by atoms with E-state index in [1.165, 1.54) is 11.3 Å². The molecule has 1 atom stereocenters. The molecule has 1 aliphatic heterocycles. The Morgan fingerprint density at radius 2 is 2.00 bits per heavy atom. The maximum absolute atomic E-state index is 12.5. The SMILES string of the molecule is CC(C)(C)OC(=O)N1CCCC(N(Cc2cncnc2)Cc2cnc(Cl)s2)CC1. The van der Waals surface area contributed by atoms with Gasteiger partial charge >= 0.3 is 6.09 Å². The van der Waals surface area contributed by atoms with Gasteiger partial charge in [0.15, 0.2) is 4.47 Å². The number of hydrogen-bond donors (Lipinski definition) is 0. The maximum Gasteiger partial charge on any atom is 0.410 e. The van der Waals surface area contributed by atoms with Gasteiger partial charge in [-0.3, -0.25) is 4.90 Å². The fourth-order valence-corrected chi connectivity index (χ4v) is 4.47. The number of halogens is 1. The van der Waals surface area contributed by atoms with Gasteiger partial charge in [0.05, 0.1) is 0 Å². The van der Waals surface area contributed by atoms with Crippen LogP contribution in [-0.2, 0) is 17.8 Å². The second-order valence-electron chi connectivity index (χ2n) is 8.28. The summed E-state index contributed by atoms with van der Waals surface area (Å²) in [5.74, 6) is 0. The molecule has 1 unspecified atom stereocenters. The molecule has 0 saturated carbocycles. The first-order chi connectivity index (χ1) is 13.8. The Labute approximate surface area is 181 Å². The van der Waals surface area contributed by atoms with Crippen molar-refractivity contribution in [2.45, 2.75) is 64.8 Å². The van der Waals surface area contributed by atoms with E-state index in [4.69, 9.17) is 16.3 Å². The molecule has 3 heterocycles. The Hall–Kier alpha value is -1.77. The number of rotatable bonds is 5. The van der Waals surface area contributed by atoms with Crippen LogP contribution in [0.3, 0.4) is 0 Å². The Kier molecular flexibility index (Phi) is 7.43. The molecule has 2 aromatic rings. The highest BCUT2D eigenvalue weighted by atomic mass is 35.5. The lowest BCUT2D eigenvalue weighted by atomic mass is 10.1. The zero-order chi connectivity index (χ0) is 20.9. The van der Waals surface area contributed by atoms with E-state index in [9.17, 15) is 4.79 Å². The van der Waals surface area contributed by atoms with Crippen LogP contribution in [0.5, 0.6) is 0 Å². The number of thiazole rings is 1. The molecule has 2 aromatic heterocycles. The smallest absolute Gasteiger partial charge is 0.410 e. The minimum Gasteiger partial charge on any atom is -0.444 e. The number of carbonyl (C=O) groups excluding carboxylic acids is 1. The zero-order valence-corrected chi connectivity index (χ0v) is 18.7. The first kappa shape index (κ1) is 21.9. The Morgan fingerprint density at radius 3 is 2.66 bits per heavy atom. The monoisotopic (exact) mass is 437 g/mol. The van der Waals surface area contributed by atoms with Crippen molar-refractivity contribution >= 4 is 29.0 Å². The third kappa shape index (κ3) is 6.90. The number of amides is 1. The van der Waals surface area contributed by atoms with Gasteiger partial charge in [0.1, 0.15) is 11.9 Å². The summed E-state index contributed by atoms with van der Waals surface area (Å²) < 4.78 is 6.11. The molecular formula is C20H28ClN5O2S. The van der Waals surface area contributed by atoms with Crippen molar-refractivity contribution in [2.24, 2.45) is 0 Å². The van der Waals surface area contributed by atoms with E-state index in [-0.39, 0.29) is 6.09 Å². The first-order valence-electron chi connectivity index (χ1n) is 9.86. The predicted octanol–water partition coefficient (Wildman–Crippen LogP) is 4.38. The van der Waals surface area contributed by atoms with Gasteiger partial charge in [-0.15, -0.1) is 11.3 Å². The van der Waals surface area contributed by atoms with Crippen LogP contribution in [-0.4, -0.2) is 55.6 Å². The number of aromatic nitrogens is 3. The lowest BCUT2D eigenvalue weighted by Crippen LogP contribution is -2.39. The normalized spacial score (nSPS) is 18.0. The molecule has 0 aliphatic carbocycles. The molecule has 9 heteroatoms. The molecule has 7 nitrogen and oxygen atoms in total. The summed E-state index contributed by atoms with van der Waals surface area (Å²) >= 11 is 7.54. The number of likely N-dealkylation sites (tertiary alicyclic amines) is 1. The first-order valence-corrected chi connectivity index (χ1v) is 11.1. The Balaban J connectivity index is 1.69. The predicted molar refractivity (Wildman–Crippen MR) is 114 cm³/mol. The molecule has 1 aliphatic rings. The number of ether oxygens (including phenoxy) is 1. The molecule has 1 fully saturated rings. The van der Waals surface area contributed by atoms with E-state index in [1.54, 1.807) is 6.33 Å². The minimum absolute atomic E-state index is 0.226. The van der Waals surface area contributed by atoms with Gasteiger partial charge in [-0.25, -0.2) is 19.7 Å². The fraction of sp³-hybridized carbons (Fsp3) is 0.600. The van der Waals surface area contributed by atoms with Gasteiger partial charge in [-0.2, -0.15) is 0 Å². The van der Waals surface area contributed by atoms with Crippen LogP contribution in [0.1, 0.15) is 50.5 Å². The second-order valence-corrected chi connectivity index (χ2v) is 9.98. The standard InChI is InChI=1S/C20H28ClN5O2S/c1-20(2,3)28-19(27)25-7-4-5-16(6-8-25)26(12-15-9-22-14-23-10-15)13-17-11-24-18(21)29-17/h9-11,14,16H,4-8,12-13H2,1-3H3. The summed E-state index contributed by atoms with van der Waals surface area (Å²) in [4.78, 5) is 30.3. The van der Waals surface area contributed by atoms with Crippen molar-refractivity contribution in [3.8, 4) is 0 Å². The molecule has 3 rings (SSSR count). The lowest BCUT2D eigenvalue weighted by molar-refractivity contribution is 0.0252. The van der Waals surface area contributed by atoms with E-state index in [1.807, 2.05) is 44.3 Å². The number of hydrogen-bond acceptors (Lipinski definition) is 7. The topological polar surface area (TPSA) is 71.5 Å². The molecule has 1 saturated heterocycles. The summed E-state index contributed by atoms with van der Waals surface area (Å²) in [6.07, 6.45) is 9.70. The van der Waals surface area contributed by atoms with Crippen molar-refractivity contribution in [1.82, 2.24) is 24.8 Å². The van der Waals surface area contributed by atoms with Gasteiger partial charge in [0, 0.05) is 61.3 Å². The van der Waals surface area contributed by atoms with Gasteiger partial charge in [0.2, 0.25) is 0 Å². The summed E-state index contributed by atoms with van der Waals surface area (Å²) in [5.41, 5.74) is 0.587. The molecule has 29 heavy (non-hydrogen) atoms. The van der Waals surface area contributed by atoms with Crippen LogP contribution >= 0.6 is 22.9 Å². The summed E-state index contributed by atoms with van der Waals surface area (Å²) in [6.45, 7) is 8.61. The Morgan fingerprint density at radius 1 is 1.24 bits per heavy atom. The molecule has 0 N–H and O–H groups in total. The van der Waals surface area contributed by atoms with Crippen molar-refractivity contribution in [3.05, 3.63) is 39.8 Å². The Bertz CT molecular complexity index is 796. The van der Waals surface area contributed by atoms with Crippen LogP contribution in [0.15, 0.2) is 24.9 Å². The average Bonchev–Trinajstić information content (AvgIpc) is 2.91. The number of nitrogens with zero attached hydrogens (tertiary/aromatic N) is 5. The van der Waals surface area contributed by atoms with Crippen molar-refractivity contribution < 1.29 is 9.53 Å². The quantitative estimate of drug-likeness (QED) is 0.691. The zero-order valence-electron chi connectivity index (χ0n) is 17.2. The maximum atomic E-state index is 12.5. The molecule has 1 amide bonds. The van der Waals surface area contributed by atoms with Crippen LogP contribution in [0.2, 0.25) is 4.47 Å². The van der Waals surface area contributed by atoms with E-state index in [0.717, 1.165) is 49.3 Å². The second kappa shape index (κ2) is 9.82. The summed E-state index contributed by atoms with van der Waals surface area (Å²) in [7, 11) is 0. The average molecular weight is 438 g/mol. The number of carbonyl (C=O) groups is 1. The molecule has 0 spiro atoms. The van der Waals surface area contributed by atoms with Crippen molar-refractivity contribution in [2.75, 3.05) is 13.1 Å². The van der Waals surface area contributed by atoms with Gasteiger partial charge in [-0.1, -0.05) is 11.6 Å². The van der Waals surface area contributed by atoms with E-state index < -0.39 is 5.60 Å². The molecule has 158 valence electrons. The van der Waals surface area contributed by atoms with E-state index in [2.05, 4.69) is 19.9 Å². The summed E-state index contributed by atoms with van der Waals surface area (Å²) in [6, 6.07) is 0.337. The van der Waals surface area contributed by atoms with E-state index >= 15 is 0 Å². The highest BCUT2D eigenvalue weighted by Gasteiger charge is 2.28. The van der Waals surface area contributed by atoms with Gasteiger partial charge in [0.25, 0.3) is 0 Å². The van der Waals surface area contributed by atoms with Crippen LogP contribution in [0, 0.1) is 0 Å². The van der Waals surface area contributed by atoms with Crippen molar-refractivity contribution in [3.63, 3.8) is 0 Å². The molecule has 0 bridgehead atoms. The highest BCUT2D eigenvalue weighted by Crippen LogP contribution is 2.25. The van der Waals surface area contributed by atoms with Crippen LogP contribution < -0.4 is 0 Å². The largest absolute Gasteiger partial charge is 0.444 e. The fourth-order valence-electron chi connectivity index (χ4n) is 3.47.